The lowest BCUT2D eigenvalue weighted by molar-refractivity contribution is 0.414. The predicted molar refractivity (Wildman–Crippen MR) is 89.9 cm³/mol. The maximum Gasteiger partial charge on any atom is 0.240 e. The molecule has 2 bridgehead atoms. The van der Waals surface area contributed by atoms with Gasteiger partial charge < -0.3 is 10.1 Å². The van der Waals surface area contributed by atoms with E-state index in [4.69, 9.17) is 4.74 Å². The Hall–Kier alpha value is -1.37. The molecule has 0 amide bonds. The Bertz CT molecular complexity index is 655. The summed E-state index contributed by atoms with van der Waals surface area (Å²) < 4.78 is 32.0. The number of allylic oxidation sites excluding steroid dienone is 2. The van der Waals surface area contributed by atoms with Crippen LogP contribution in [-0.4, -0.2) is 35.2 Å². The molecule has 0 saturated heterocycles. The number of methoxy groups -OCH3 is 1. The molecule has 3 rings (SSSR count). The van der Waals surface area contributed by atoms with E-state index in [-0.39, 0.29) is 4.90 Å². The Balaban J connectivity index is 1.40. The molecule has 23 heavy (non-hydrogen) atoms. The molecule has 126 valence electrons. The highest BCUT2D eigenvalue weighted by atomic mass is 32.2. The lowest BCUT2D eigenvalue weighted by Crippen LogP contribution is -2.34. The number of rotatable bonds is 8. The van der Waals surface area contributed by atoms with Crippen LogP contribution >= 0.6 is 0 Å². The van der Waals surface area contributed by atoms with Gasteiger partial charge in [-0.05, 0) is 61.4 Å². The van der Waals surface area contributed by atoms with E-state index >= 15 is 0 Å². The molecule has 0 aromatic heterocycles. The second kappa shape index (κ2) is 7.03. The van der Waals surface area contributed by atoms with Crippen molar-refractivity contribution in [3.8, 4) is 5.75 Å². The normalized spacial score (nSPS) is 25.9. The quantitative estimate of drug-likeness (QED) is 0.561. The van der Waals surface area contributed by atoms with Crippen LogP contribution in [0.5, 0.6) is 5.75 Å². The molecule has 1 aromatic carbocycles. The van der Waals surface area contributed by atoms with Gasteiger partial charge in [0, 0.05) is 13.1 Å². The van der Waals surface area contributed by atoms with Gasteiger partial charge in [0.1, 0.15) is 5.75 Å². The fraction of sp³-hybridized carbons (Fsp3) is 0.529. The smallest absolute Gasteiger partial charge is 0.240 e. The van der Waals surface area contributed by atoms with Crippen LogP contribution in [0.1, 0.15) is 12.8 Å². The monoisotopic (exact) mass is 336 g/mol. The predicted octanol–water partition coefficient (Wildman–Crippen LogP) is 1.78. The lowest BCUT2D eigenvalue weighted by atomic mass is 9.94. The molecule has 6 heteroatoms. The highest BCUT2D eigenvalue weighted by Crippen LogP contribution is 2.42. The van der Waals surface area contributed by atoms with Gasteiger partial charge in [0.25, 0.3) is 0 Å². The van der Waals surface area contributed by atoms with Gasteiger partial charge in [0.05, 0.1) is 12.0 Å². The summed E-state index contributed by atoms with van der Waals surface area (Å²) in [6.07, 6.45) is 7.25. The topological polar surface area (TPSA) is 67.4 Å². The van der Waals surface area contributed by atoms with E-state index in [1.165, 1.54) is 12.8 Å². The minimum atomic E-state index is -3.45. The number of benzene rings is 1. The molecule has 1 aromatic rings. The fourth-order valence-corrected chi connectivity index (χ4v) is 4.56. The van der Waals surface area contributed by atoms with Crippen molar-refractivity contribution in [2.75, 3.05) is 26.7 Å². The van der Waals surface area contributed by atoms with Crippen molar-refractivity contribution in [2.45, 2.75) is 17.7 Å². The third-order valence-corrected chi connectivity index (χ3v) is 6.26. The molecular weight excluding hydrogens is 312 g/mol. The van der Waals surface area contributed by atoms with Crippen LogP contribution in [0.4, 0.5) is 0 Å². The summed E-state index contributed by atoms with van der Waals surface area (Å²) in [7, 11) is -1.89. The standard InChI is InChI=1S/C17H24N2O3S/c1-22-16-4-6-17(7-5-16)23(20,21)19-9-8-18-12-15-11-13-2-3-14(15)10-13/h2-7,13-15,18-19H,8-12H2,1H3. The van der Waals surface area contributed by atoms with Crippen molar-refractivity contribution in [2.24, 2.45) is 17.8 Å². The van der Waals surface area contributed by atoms with Crippen LogP contribution in [0, 0.1) is 17.8 Å². The molecule has 2 aliphatic rings. The second-order valence-corrected chi connectivity index (χ2v) is 8.08. The van der Waals surface area contributed by atoms with Crippen LogP contribution < -0.4 is 14.8 Å². The molecule has 5 nitrogen and oxygen atoms in total. The van der Waals surface area contributed by atoms with E-state index < -0.39 is 10.0 Å². The Kier molecular flexibility index (Phi) is 5.04. The number of ether oxygens (including phenoxy) is 1. The van der Waals surface area contributed by atoms with Gasteiger partial charge >= 0.3 is 0 Å². The summed E-state index contributed by atoms with van der Waals surface area (Å²) in [5, 5.41) is 3.37. The van der Waals surface area contributed by atoms with Crippen LogP contribution in [0.15, 0.2) is 41.3 Å². The van der Waals surface area contributed by atoms with Gasteiger partial charge in [-0.1, -0.05) is 12.2 Å². The SMILES string of the molecule is COc1ccc(S(=O)(=O)NCCNCC2CC3C=CC2C3)cc1. The highest BCUT2D eigenvalue weighted by Gasteiger charge is 2.34. The first-order chi connectivity index (χ1) is 11.1. The number of sulfonamides is 1. The third-order valence-electron chi connectivity index (χ3n) is 4.79. The number of hydrogen-bond donors (Lipinski definition) is 2. The maximum absolute atomic E-state index is 12.2. The van der Waals surface area contributed by atoms with E-state index in [9.17, 15) is 8.42 Å². The number of fused-ring (bicyclic) bond motifs is 2. The minimum absolute atomic E-state index is 0.261. The fourth-order valence-electron chi connectivity index (χ4n) is 3.53. The largest absolute Gasteiger partial charge is 0.497 e. The van der Waals surface area contributed by atoms with Crippen molar-refractivity contribution < 1.29 is 13.2 Å². The first-order valence-electron chi connectivity index (χ1n) is 8.11. The molecule has 2 aliphatic carbocycles. The van der Waals surface area contributed by atoms with Gasteiger partial charge in [-0.15, -0.1) is 0 Å². The van der Waals surface area contributed by atoms with Crippen molar-refractivity contribution in [1.82, 2.24) is 10.0 Å². The zero-order valence-electron chi connectivity index (χ0n) is 13.4. The Morgan fingerprint density at radius 1 is 1.13 bits per heavy atom. The zero-order valence-corrected chi connectivity index (χ0v) is 14.2. The van der Waals surface area contributed by atoms with Crippen molar-refractivity contribution in [3.63, 3.8) is 0 Å². The molecular formula is C17H24N2O3S. The molecule has 3 unspecified atom stereocenters. The third kappa shape index (κ3) is 3.94. The van der Waals surface area contributed by atoms with E-state index in [0.717, 1.165) is 18.4 Å². The Morgan fingerprint density at radius 2 is 1.91 bits per heavy atom. The summed E-state index contributed by atoms with van der Waals surface area (Å²) in [4.78, 5) is 0.261. The van der Waals surface area contributed by atoms with Gasteiger partial charge in [-0.2, -0.15) is 0 Å². The molecule has 1 fully saturated rings. The van der Waals surface area contributed by atoms with E-state index in [2.05, 4.69) is 22.2 Å². The van der Waals surface area contributed by atoms with Crippen LogP contribution in [0.25, 0.3) is 0 Å². The van der Waals surface area contributed by atoms with Gasteiger partial charge in [0.2, 0.25) is 10.0 Å². The summed E-state index contributed by atoms with van der Waals surface area (Å²) in [5.74, 6) is 2.86. The van der Waals surface area contributed by atoms with Crippen molar-refractivity contribution in [3.05, 3.63) is 36.4 Å². The summed E-state index contributed by atoms with van der Waals surface area (Å²) in [6, 6.07) is 6.40. The van der Waals surface area contributed by atoms with E-state index in [1.54, 1.807) is 31.4 Å². The first-order valence-corrected chi connectivity index (χ1v) is 9.59. The molecule has 0 aliphatic heterocycles. The van der Waals surface area contributed by atoms with Crippen LogP contribution in [-0.2, 0) is 10.0 Å². The first kappa shape index (κ1) is 16.5. The molecule has 0 radical (unpaired) electrons. The average molecular weight is 336 g/mol. The maximum atomic E-state index is 12.2. The summed E-state index contributed by atoms with van der Waals surface area (Å²) in [6.45, 7) is 2.01. The zero-order chi connectivity index (χ0) is 16.3. The number of nitrogens with one attached hydrogen (secondary N) is 2. The van der Waals surface area contributed by atoms with Crippen molar-refractivity contribution >= 4 is 10.0 Å². The second-order valence-electron chi connectivity index (χ2n) is 6.32. The van der Waals surface area contributed by atoms with Crippen molar-refractivity contribution in [1.29, 1.82) is 0 Å². The molecule has 0 spiro atoms. The van der Waals surface area contributed by atoms with Gasteiger partial charge in [0.15, 0.2) is 0 Å². The van der Waals surface area contributed by atoms with Crippen LogP contribution in [0.2, 0.25) is 0 Å². The minimum Gasteiger partial charge on any atom is -0.497 e. The van der Waals surface area contributed by atoms with Crippen LogP contribution in [0.3, 0.4) is 0 Å². The van der Waals surface area contributed by atoms with E-state index in [1.807, 2.05) is 0 Å². The average Bonchev–Trinajstić information content (AvgIpc) is 3.17. The molecule has 2 N–H and O–H groups in total. The Labute approximate surface area is 138 Å². The van der Waals surface area contributed by atoms with E-state index in [0.29, 0.717) is 24.8 Å². The molecule has 3 atom stereocenters. The highest BCUT2D eigenvalue weighted by molar-refractivity contribution is 7.89. The van der Waals surface area contributed by atoms with Gasteiger partial charge in [-0.25, -0.2) is 13.1 Å². The number of hydrogen-bond acceptors (Lipinski definition) is 4. The van der Waals surface area contributed by atoms with Gasteiger partial charge in [-0.3, -0.25) is 0 Å². The lowest BCUT2D eigenvalue weighted by Gasteiger charge is -2.18. The summed E-state index contributed by atoms with van der Waals surface area (Å²) >= 11 is 0. The Morgan fingerprint density at radius 3 is 2.52 bits per heavy atom. The molecule has 0 heterocycles. The summed E-state index contributed by atoms with van der Waals surface area (Å²) in [5.41, 5.74) is 0. The molecule has 1 saturated carbocycles.